The van der Waals surface area contributed by atoms with Gasteiger partial charge in [-0.25, -0.2) is 0 Å². The summed E-state index contributed by atoms with van der Waals surface area (Å²) in [5.41, 5.74) is 1.60. The molecule has 0 atom stereocenters. The van der Waals surface area contributed by atoms with Crippen LogP contribution in [0.3, 0.4) is 0 Å². The number of nitrogens with one attached hydrogen (secondary N) is 1. The molecule has 6 heteroatoms. The van der Waals surface area contributed by atoms with Crippen LogP contribution in [0.15, 0.2) is 12.1 Å². The predicted octanol–water partition coefficient (Wildman–Crippen LogP) is 2.85. The molecule has 0 unspecified atom stereocenters. The maximum absolute atomic E-state index is 12.4. The predicted molar refractivity (Wildman–Crippen MR) is 86.3 cm³/mol. The number of likely N-dealkylation sites (tertiary alicyclic amines) is 1. The Morgan fingerprint density at radius 2 is 1.95 bits per heavy atom. The molecule has 22 heavy (non-hydrogen) atoms. The molecule has 0 radical (unpaired) electrons. The van der Waals surface area contributed by atoms with Gasteiger partial charge in [-0.2, -0.15) is 0 Å². The van der Waals surface area contributed by atoms with Crippen molar-refractivity contribution in [2.24, 2.45) is 5.92 Å². The van der Waals surface area contributed by atoms with Crippen LogP contribution in [-0.2, 0) is 9.59 Å². The van der Waals surface area contributed by atoms with Crippen molar-refractivity contribution in [1.29, 1.82) is 0 Å². The normalized spacial score (nSPS) is 15.5. The van der Waals surface area contributed by atoms with Crippen molar-refractivity contribution in [2.45, 2.75) is 26.7 Å². The van der Waals surface area contributed by atoms with E-state index in [-0.39, 0.29) is 17.7 Å². The number of nitrogens with zero attached hydrogens (tertiary/aromatic N) is 1. The molecular weight excluding hydrogens is 304 g/mol. The summed E-state index contributed by atoms with van der Waals surface area (Å²) in [6.07, 6.45) is 1.38. The minimum Gasteiger partial charge on any atom is -0.495 e. The Bertz CT molecular complexity index is 581. The number of carbonyl (C=O) groups excluding carboxylic acids is 2. The van der Waals surface area contributed by atoms with Crippen molar-refractivity contribution in [2.75, 3.05) is 25.5 Å². The number of aryl methyl sites for hydroxylation is 1. The third-order valence-electron chi connectivity index (χ3n) is 4.07. The van der Waals surface area contributed by atoms with Crippen molar-refractivity contribution >= 4 is 29.1 Å². The number of piperidine rings is 1. The maximum Gasteiger partial charge on any atom is 0.227 e. The summed E-state index contributed by atoms with van der Waals surface area (Å²) in [5, 5.41) is 3.40. The molecule has 5 nitrogen and oxygen atoms in total. The summed E-state index contributed by atoms with van der Waals surface area (Å²) in [6, 6.07) is 3.51. The number of rotatable bonds is 3. The van der Waals surface area contributed by atoms with Gasteiger partial charge in [0.05, 0.1) is 12.1 Å². The molecule has 0 aliphatic carbocycles. The lowest BCUT2D eigenvalue weighted by Gasteiger charge is -2.30. The van der Waals surface area contributed by atoms with E-state index < -0.39 is 0 Å². The van der Waals surface area contributed by atoms with Crippen LogP contribution in [0, 0.1) is 12.8 Å². The average Bonchev–Trinajstić information content (AvgIpc) is 2.50. The molecular formula is C16H21ClN2O3. The molecule has 1 heterocycles. The number of carbonyl (C=O) groups is 2. The van der Waals surface area contributed by atoms with E-state index in [1.807, 2.05) is 6.92 Å². The number of ether oxygens (including phenoxy) is 1. The van der Waals surface area contributed by atoms with Gasteiger partial charge in [0.2, 0.25) is 11.8 Å². The van der Waals surface area contributed by atoms with Crippen molar-refractivity contribution in [3.8, 4) is 5.75 Å². The quantitative estimate of drug-likeness (QED) is 0.930. The molecule has 0 saturated carbocycles. The van der Waals surface area contributed by atoms with Gasteiger partial charge in [-0.05, 0) is 37.5 Å². The number of anilines is 1. The van der Waals surface area contributed by atoms with Gasteiger partial charge < -0.3 is 15.0 Å². The molecule has 0 bridgehead atoms. The number of hydrogen-bond donors (Lipinski definition) is 1. The molecule has 2 rings (SSSR count). The van der Waals surface area contributed by atoms with Gasteiger partial charge in [0, 0.05) is 31.6 Å². The van der Waals surface area contributed by atoms with Gasteiger partial charge in [0.15, 0.2) is 0 Å². The van der Waals surface area contributed by atoms with Crippen molar-refractivity contribution in [3.63, 3.8) is 0 Å². The fourth-order valence-corrected chi connectivity index (χ4v) is 2.88. The van der Waals surface area contributed by atoms with E-state index in [9.17, 15) is 9.59 Å². The number of halogens is 1. The van der Waals surface area contributed by atoms with Crippen LogP contribution >= 0.6 is 11.6 Å². The molecule has 1 aliphatic heterocycles. The van der Waals surface area contributed by atoms with Crippen molar-refractivity contribution in [3.05, 3.63) is 22.7 Å². The molecule has 1 N–H and O–H groups in total. The molecule has 1 aromatic carbocycles. The maximum atomic E-state index is 12.4. The van der Waals surface area contributed by atoms with Crippen LogP contribution in [0.5, 0.6) is 5.75 Å². The smallest absolute Gasteiger partial charge is 0.227 e. The zero-order valence-electron chi connectivity index (χ0n) is 13.1. The summed E-state index contributed by atoms with van der Waals surface area (Å²) in [7, 11) is 1.56. The van der Waals surface area contributed by atoms with Crippen LogP contribution in [0.2, 0.25) is 5.02 Å². The van der Waals surface area contributed by atoms with Crippen molar-refractivity contribution in [1.82, 2.24) is 4.90 Å². The van der Waals surface area contributed by atoms with Crippen LogP contribution in [0.1, 0.15) is 25.3 Å². The average molecular weight is 325 g/mol. The fraction of sp³-hybridized carbons (Fsp3) is 0.500. The second-order valence-electron chi connectivity index (χ2n) is 5.57. The standard InChI is InChI=1S/C16H21ClN2O3/c1-10-8-15(22-3)13(17)9-14(10)18-16(21)12-4-6-19(7-5-12)11(2)20/h8-9,12H,4-7H2,1-3H3,(H,18,21). The number of amides is 2. The van der Waals surface area contributed by atoms with Gasteiger partial charge in [-0.15, -0.1) is 0 Å². The minimum absolute atomic E-state index is 0.0208. The molecule has 1 aliphatic rings. The SMILES string of the molecule is COc1cc(C)c(NC(=O)C2CCN(C(C)=O)CC2)cc1Cl. The van der Waals surface area contributed by atoms with Crippen molar-refractivity contribution < 1.29 is 14.3 Å². The highest BCUT2D eigenvalue weighted by atomic mass is 35.5. The third kappa shape index (κ3) is 3.71. The Balaban J connectivity index is 2.01. The monoisotopic (exact) mass is 324 g/mol. The van der Waals surface area contributed by atoms with Crippen LogP contribution in [0.25, 0.3) is 0 Å². The summed E-state index contributed by atoms with van der Waals surface area (Å²) in [4.78, 5) is 25.5. The van der Waals surface area contributed by atoms with E-state index in [0.717, 1.165) is 5.56 Å². The van der Waals surface area contributed by atoms with Crippen LogP contribution in [0.4, 0.5) is 5.69 Å². The van der Waals surface area contributed by atoms with Gasteiger partial charge in [0.25, 0.3) is 0 Å². The molecule has 2 amide bonds. The summed E-state index contributed by atoms with van der Waals surface area (Å²) < 4.78 is 5.15. The van der Waals surface area contributed by atoms with Crippen LogP contribution in [-0.4, -0.2) is 36.9 Å². The summed E-state index contributed by atoms with van der Waals surface area (Å²) in [6.45, 7) is 4.72. The van der Waals surface area contributed by atoms with Gasteiger partial charge in [-0.3, -0.25) is 9.59 Å². The highest BCUT2D eigenvalue weighted by Crippen LogP contribution is 2.31. The largest absolute Gasteiger partial charge is 0.495 e. The zero-order chi connectivity index (χ0) is 16.3. The molecule has 120 valence electrons. The lowest BCUT2D eigenvalue weighted by atomic mass is 9.95. The second kappa shape index (κ2) is 7.01. The topological polar surface area (TPSA) is 58.6 Å². The molecule has 0 spiro atoms. The van der Waals surface area contributed by atoms with E-state index in [2.05, 4.69) is 5.32 Å². The van der Waals surface area contributed by atoms with E-state index in [0.29, 0.717) is 42.4 Å². The van der Waals surface area contributed by atoms with E-state index in [1.165, 1.54) is 0 Å². The lowest BCUT2D eigenvalue weighted by molar-refractivity contribution is -0.132. The van der Waals surface area contributed by atoms with E-state index in [4.69, 9.17) is 16.3 Å². The third-order valence-corrected chi connectivity index (χ3v) is 4.36. The number of methoxy groups -OCH3 is 1. The minimum atomic E-state index is -0.0733. The second-order valence-corrected chi connectivity index (χ2v) is 5.98. The Kier molecular flexibility index (Phi) is 5.29. The van der Waals surface area contributed by atoms with Gasteiger partial charge in [0.1, 0.15) is 5.75 Å². The van der Waals surface area contributed by atoms with Gasteiger partial charge >= 0.3 is 0 Å². The first-order valence-electron chi connectivity index (χ1n) is 7.33. The Labute approximate surface area is 135 Å². The molecule has 0 aromatic heterocycles. The summed E-state index contributed by atoms with van der Waals surface area (Å²) >= 11 is 6.10. The Morgan fingerprint density at radius 3 is 2.50 bits per heavy atom. The first-order chi connectivity index (χ1) is 10.4. The lowest BCUT2D eigenvalue weighted by Crippen LogP contribution is -2.40. The summed E-state index contributed by atoms with van der Waals surface area (Å²) in [5.74, 6) is 0.562. The molecule has 1 aromatic rings. The highest BCUT2D eigenvalue weighted by molar-refractivity contribution is 6.32. The number of hydrogen-bond acceptors (Lipinski definition) is 3. The fourth-order valence-electron chi connectivity index (χ4n) is 2.64. The Hall–Kier alpha value is -1.75. The first kappa shape index (κ1) is 16.6. The molecule has 1 fully saturated rings. The Morgan fingerprint density at radius 1 is 1.32 bits per heavy atom. The van der Waals surface area contributed by atoms with Gasteiger partial charge in [-0.1, -0.05) is 11.6 Å². The first-order valence-corrected chi connectivity index (χ1v) is 7.70. The van der Waals surface area contributed by atoms with Crippen LogP contribution < -0.4 is 10.1 Å². The van der Waals surface area contributed by atoms with E-state index >= 15 is 0 Å². The highest BCUT2D eigenvalue weighted by Gasteiger charge is 2.26. The number of benzene rings is 1. The zero-order valence-corrected chi connectivity index (χ0v) is 13.9. The van der Waals surface area contributed by atoms with E-state index in [1.54, 1.807) is 31.1 Å². The molecule has 1 saturated heterocycles.